The van der Waals surface area contributed by atoms with Crippen molar-refractivity contribution < 1.29 is 23.9 Å². The van der Waals surface area contributed by atoms with Gasteiger partial charge in [0.25, 0.3) is 11.8 Å². The number of carbonyl (C=O) groups is 3. The molecule has 0 aromatic heterocycles. The summed E-state index contributed by atoms with van der Waals surface area (Å²) in [5, 5.41) is 0. The van der Waals surface area contributed by atoms with E-state index in [1.54, 1.807) is 68.8 Å². The Hall–Kier alpha value is -7.65. The second-order valence-corrected chi connectivity index (χ2v) is 12.8. The highest BCUT2D eigenvalue weighted by molar-refractivity contribution is 6.38. The number of methoxy groups -OCH3 is 2. The number of amides is 2. The molecular weight excluding hydrogens is 701 g/mol. The average molecular weight is 735 g/mol. The van der Waals surface area contributed by atoms with Crippen molar-refractivity contribution in [2.45, 2.75) is 0 Å². The molecule has 56 heavy (non-hydrogen) atoms. The number of ether oxygens (including phenoxy) is 2. The Morgan fingerprint density at radius 2 is 0.929 bits per heavy atom. The van der Waals surface area contributed by atoms with Crippen LogP contribution in [-0.2, 0) is 9.59 Å². The Morgan fingerprint density at radius 1 is 0.500 bits per heavy atom. The van der Waals surface area contributed by atoms with Crippen LogP contribution in [0.15, 0.2) is 179 Å². The number of aliphatic imine (C=N–C) groups is 2. The van der Waals surface area contributed by atoms with Crippen molar-refractivity contribution in [3.63, 3.8) is 0 Å². The van der Waals surface area contributed by atoms with Crippen LogP contribution in [0.4, 0.5) is 11.4 Å². The smallest absolute Gasteiger partial charge is 0.282 e. The van der Waals surface area contributed by atoms with Gasteiger partial charge < -0.3 is 9.47 Å². The van der Waals surface area contributed by atoms with Gasteiger partial charge in [-0.05, 0) is 42.5 Å². The third-order valence-electron chi connectivity index (χ3n) is 9.40. The summed E-state index contributed by atoms with van der Waals surface area (Å²) in [5.74, 6) is 0.649. The van der Waals surface area contributed by atoms with Crippen LogP contribution < -0.4 is 19.3 Å². The topological polar surface area (TPSA) is 101 Å². The second-order valence-electron chi connectivity index (χ2n) is 12.8. The SMILES string of the molecule is COc1ccccc1C=C1N=C(c2ccccc2)N(c2ccc(C(=O)c3ccccc3)cc2N2C(=O)C(=Cc3ccccc3OC)N=C2c2ccccc2)C1=O. The first-order valence-electron chi connectivity index (χ1n) is 17.9. The molecule has 9 heteroatoms. The molecule has 0 unspecified atom stereocenters. The molecule has 6 aromatic rings. The van der Waals surface area contributed by atoms with E-state index in [9.17, 15) is 14.4 Å². The van der Waals surface area contributed by atoms with E-state index in [-0.39, 0.29) is 22.9 Å². The Morgan fingerprint density at radius 3 is 1.41 bits per heavy atom. The van der Waals surface area contributed by atoms with Gasteiger partial charge >= 0.3 is 0 Å². The number of hydrogen-bond acceptors (Lipinski definition) is 7. The second kappa shape index (κ2) is 15.4. The van der Waals surface area contributed by atoms with Gasteiger partial charge in [-0.1, -0.05) is 127 Å². The summed E-state index contributed by atoms with van der Waals surface area (Å²) >= 11 is 0. The summed E-state index contributed by atoms with van der Waals surface area (Å²) < 4.78 is 11.2. The van der Waals surface area contributed by atoms with Crippen molar-refractivity contribution in [3.8, 4) is 11.5 Å². The maximum Gasteiger partial charge on any atom is 0.282 e. The molecule has 0 aliphatic carbocycles. The van der Waals surface area contributed by atoms with Gasteiger partial charge in [0.15, 0.2) is 5.78 Å². The van der Waals surface area contributed by atoms with Gasteiger partial charge in [0.2, 0.25) is 0 Å². The molecule has 6 aromatic carbocycles. The molecule has 0 bridgehead atoms. The van der Waals surface area contributed by atoms with Gasteiger partial charge in [0.1, 0.15) is 34.6 Å². The van der Waals surface area contributed by atoms with Gasteiger partial charge in [-0.3, -0.25) is 24.2 Å². The van der Waals surface area contributed by atoms with E-state index < -0.39 is 11.8 Å². The zero-order valence-corrected chi connectivity index (χ0v) is 30.5. The molecule has 0 saturated heterocycles. The van der Waals surface area contributed by atoms with E-state index in [1.807, 2.05) is 115 Å². The summed E-state index contributed by atoms with van der Waals surface area (Å²) in [6.45, 7) is 0. The molecule has 8 rings (SSSR count). The number of rotatable bonds is 10. The number of ketones is 1. The van der Waals surface area contributed by atoms with Crippen molar-refractivity contribution in [2.24, 2.45) is 9.98 Å². The molecule has 2 heterocycles. The zero-order valence-electron chi connectivity index (χ0n) is 30.5. The minimum Gasteiger partial charge on any atom is -0.496 e. The number of carbonyl (C=O) groups excluding carboxylic acids is 3. The van der Waals surface area contributed by atoms with Crippen LogP contribution in [0.3, 0.4) is 0 Å². The first kappa shape index (κ1) is 35.4. The minimum atomic E-state index is -0.463. The predicted octanol–water partition coefficient (Wildman–Crippen LogP) is 8.60. The van der Waals surface area contributed by atoms with E-state index in [4.69, 9.17) is 19.5 Å². The third-order valence-corrected chi connectivity index (χ3v) is 9.40. The first-order valence-corrected chi connectivity index (χ1v) is 17.9. The number of anilines is 2. The molecular formula is C47H34N4O5. The fraction of sp³-hybridized carbons (Fsp3) is 0.0426. The Balaban J connectivity index is 1.35. The number of hydrogen-bond donors (Lipinski definition) is 0. The van der Waals surface area contributed by atoms with E-state index in [0.717, 1.165) is 0 Å². The molecule has 0 atom stereocenters. The van der Waals surface area contributed by atoms with Gasteiger partial charge in [0.05, 0.1) is 25.6 Å². The fourth-order valence-electron chi connectivity index (χ4n) is 6.70. The highest BCUT2D eigenvalue weighted by Crippen LogP contribution is 2.40. The lowest BCUT2D eigenvalue weighted by Crippen LogP contribution is -2.38. The number of amidine groups is 2. The van der Waals surface area contributed by atoms with Crippen LogP contribution in [0.25, 0.3) is 12.2 Å². The van der Waals surface area contributed by atoms with Crippen LogP contribution in [0.5, 0.6) is 11.5 Å². The number of nitrogens with zero attached hydrogens (tertiary/aromatic N) is 4. The van der Waals surface area contributed by atoms with Gasteiger partial charge in [-0.25, -0.2) is 9.98 Å². The molecule has 2 aliphatic rings. The predicted molar refractivity (Wildman–Crippen MR) is 219 cm³/mol. The standard InChI is InChI=1S/C47H34N4O5/c1-55-41-24-14-12-22-34(41)28-37-46(53)50(44(48-37)32-18-8-4-9-19-32)39-27-26-36(43(52)31-16-6-3-7-17-31)30-40(39)51-45(33-20-10-5-11-21-33)49-38(47(51)54)29-35-23-13-15-25-42(35)56-2/h3-30H,1-2H3. The zero-order chi connectivity index (χ0) is 38.6. The molecule has 2 amide bonds. The summed E-state index contributed by atoms with van der Waals surface area (Å²) in [7, 11) is 3.13. The van der Waals surface area contributed by atoms with Crippen LogP contribution in [-0.4, -0.2) is 43.5 Å². The molecule has 2 aliphatic heterocycles. The molecule has 272 valence electrons. The molecule has 9 nitrogen and oxygen atoms in total. The van der Waals surface area contributed by atoms with Gasteiger partial charge in [0, 0.05) is 33.4 Å². The molecule has 0 radical (unpaired) electrons. The highest BCUT2D eigenvalue weighted by Gasteiger charge is 2.40. The summed E-state index contributed by atoms with van der Waals surface area (Å²) in [4.78, 5) is 56.5. The van der Waals surface area contributed by atoms with E-state index in [1.165, 1.54) is 9.80 Å². The number of para-hydroxylation sites is 2. The van der Waals surface area contributed by atoms with E-state index in [0.29, 0.717) is 62.2 Å². The highest BCUT2D eigenvalue weighted by atomic mass is 16.5. The lowest BCUT2D eigenvalue weighted by molar-refractivity contribution is -0.114. The number of benzene rings is 6. The van der Waals surface area contributed by atoms with E-state index >= 15 is 0 Å². The van der Waals surface area contributed by atoms with Gasteiger partial charge in [-0.15, -0.1) is 0 Å². The van der Waals surface area contributed by atoms with E-state index in [2.05, 4.69) is 0 Å². The molecule has 0 saturated carbocycles. The van der Waals surface area contributed by atoms with Gasteiger partial charge in [-0.2, -0.15) is 0 Å². The lowest BCUT2D eigenvalue weighted by Gasteiger charge is -2.27. The summed E-state index contributed by atoms with van der Waals surface area (Å²) in [6.07, 6.45) is 3.36. The maximum atomic E-state index is 14.9. The summed E-state index contributed by atoms with van der Waals surface area (Å²) in [6, 6.07) is 47.3. The maximum absolute atomic E-state index is 14.9. The van der Waals surface area contributed by atoms with Crippen molar-refractivity contribution in [3.05, 3.63) is 203 Å². The fourth-order valence-corrected chi connectivity index (χ4v) is 6.70. The molecule has 0 fully saturated rings. The average Bonchev–Trinajstić information content (AvgIpc) is 3.76. The normalized spacial score (nSPS) is 15.3. The Labute approximate surface area is 323 Å². The van der Waals surface area contributed by atoms with Crippen molar-refractivity contribution >= 4 is 52.8 Å². The molecule has 0 N–H and O–H groups in total. The van der Waals surface area contributed by atoms with Crippen LogP contribution in [0.1, 0.15) is 38.2 Å². The summed E-state index contributed by atoms with van der Waals surface area (Å²) in [5.41, 5.74) is 4.30. The third kappa shape index (κ3) is 6.69. The lowest BCUT2D eigenvalue weighted by atomic mass is 10.0. The minimum absolute atomic E-state index is 0.139. The van der Waals surface area contributed by atoms with Crippen molar-refractivity contribution in [1.82, 2.24) is 0 Å². The Bertz CT molecular complexity index is 2610. The van der Waals surface area contributed by atoms with Crippen molar-refractivity contribution in [2.75, 3.05) is 24.0 Å². The van der Waals surface area contributed by atoms with Crippen LogP contribution in [0.2, 0.25) is 0 Å². The Kier molecular flexibility index (Phi) is 9.71. The molecule has 0 spiro atoms. The van der Waals surface area contributed by atoms with Crippen LogP contribution in [0, 0.1) is 0 Å². The quantitative estimate of drug-likeness (QED) is 0.104. The van der Waals surface area contributed by atoms with Crippen molar-refractivity contribution in [1.29, 1.82) is 0 Å². The largest absolute Gasteiger partial charge is 0.496 e. The van der Waals surface area contributed by atoms with Crippen LogP contribution >= 0.6 is 0 Å². The monoisotopic (exact) mass is 734 g/mol. The first-order chi connectivity index (χ1) is 27.4.